The fourth-order valence-corrected chi connectivity index (χ4v) is 3.32. The number of hydrogen-bond donors (Lipinski definition) is 0. The summed E-state index contributed by atoms with van der Waals surface area (Å²) in [5, 5.41) is 19.0. The van der Waals surface area contributed by atoms with Crippen LogP contribution in [-0.2, 0) is 12.8 Å². The Morgan fingerprint density at radius 3 is 1.38 bits per heavy atom. The first-order valence-corrected chi connectivity index (χ1v) is 10.5. The molecule has 0 spiro atoms. The Kier molecular flexibility index (Phi) is 7.94. The van der Waals surface area contributed by atoms with Crippen LogP contribution in [0.1, 0.15) is 22.3 Å². The average molecular weight is 453 g/mol. The standard InChI is InChI=1S/C28H24N2O4/c1-5-7-19-9-11-23(25(13-19)31-3)33-27-15-21(17-29)22(18-30)16-28(27)34-24-12-10-20(8-6-2)14-26(24)32-4/h5-6,9-16H,1-2,7-8H2,3-4H3. The van der Waals surface area contributed by atoms with E-state index in [1.54, 1.807) is 38.5 Å². The van der Waals surface area contributed by atoms with Gasteiger partial charge in [0.25, 0.3) is 0 Å². The highest BCUT2D eigenvalue weighted by Crippen LogP contribution is 2.42. The lowest BCUT2D eigenvalue weighted by Crippen LogP contribution is -1.98. The number of nitrogens with zero attached hydrogens (tertiary/aromatic N) is 2. The van der Waals surface area contributed by atoms with Gasteiger partial charge in [0.1, 0.15) is 12.1 Å². The number of ether oxygens (including phenoxy) is 4. The van der Waals surface area contributed by atoms with Crippen molar-refractivity contribution in [3.8, 4) is 46.6 Å². The Balaban J connectivity index is 2.07. The van der Waals surface area contributed by atoms with Crippen molar-refractivity contribution < 1.29 is 18.9 Å². The summed E-state index contributed by atoms with van der Waals surface area (Å²) >= 11 is 0. The zero-order valence-electron chi connectivity index (χ0n) is 19.1. The topological polar surface area (TPSA) is 84.5 Å². The second-order valence-corrected chi connectivity index (χ2v) is 7.23. The monoisotopic (exact) mass is 452 g/mol. The fraction of sp³-hybridized carbons (Fsp3) is 0.143. The second kappa shape index (κ2) is 11.3. The molecule has 0 aliphatic rings. The van der Waals surface area contributed by atoms with Gasteiger partial charge in [0.2, 0.25) is 0 Å². The molecule has 0 amide bonds. The van der Waals surface area contributed by atoms with Crippen LogP contribution >= 0.6 is 0 Å². The minimum Gasteiger partial charge on any atom is -0.493 e. The van der Waals surface area contributed by atoms with E-state index >= 15 is 0 Å². The van der Waals surface area contributed by atoms with Crippen LogP contribution in [0.5, 0.6) is 34.5 Å². The van der Waals surface area contributed by atoms with E-state index in [0.717, 1.165) is 11.1 Å². The highest BCUT2D eigenvalue weighted by Gasteiger charge is 2.18. The maximum absolute atomic E-state index is 9.52. The summed E-state index contributed by atoms with van der Waals surface area (Å²) in [6.07, 6.45) is 4.97. The van der Waals surface area contributed by atoms with Gasteiger partial charge < -0.3 is 18.9 Å². The van der Waals surface area contributed by atoms with Crippen molar-refractivity contribution in [2.75, 3.05) is 14.2 Å². The van der Waals surface area contributed by atoms with E-state index in [1.807, 2.05) is 36.4 Å². The molecular weight excluding hydrogens is 428 g/mol. The van der Waals surface area contributed by atoms with Crippen molar-refractivity contribution in [2.24, 2.45) is 0 Å². The molecule has 0 atom stereocenters. The highest BCUT2D eigenvalue weighted by atomic mass is 16.5. The van der Waals surface area contributed by atoms with E-state index in [1.165, 1.54) is 12.1 Å². The summed E-state index contributed by atoms with van der Waals surface area (Å²) in [6.45, 7) is 7.52. The van der Waals surface area contributed by atoms with Gasteiger partial charge in [-0.2, -0.15) is 10.5 Å². The lowest BCUT2D eigenvalue weighted by atomic mass is 10.1. The Morgan fingerprint density at radius 2 is 1.06 bits per heavy atom. The van der Waals surface area contributed by atoms with Crippen molar-refractivity contribution in [3.05, 3.63) is 96.1 Å². The summed E-state index contributed by atoms with van der Waals surface area (Å²) in [5.74, 6) is 2.40. The molecule has 0 aliphatic carbocycles. The zero-order chi connectivity index (χ0) is 24.5. The molecule has 0 aromatic heterocycles. The summed E-state index contributed by atoms with van der Waals surface area (Å²) in [7, 11) is 3.10. The Morgan fingerprint density at radius 1 is 0.647 bits per heavy atom. The van der Waals surface area contributed by atoms with E-state index in [0.29, 0.717) is 35.8 Å². The Labute approximate surface area is 199 Å². The molecule has 0 fully saturated rings. The number of benzene rings is 3. The molecule has 34 heavy (non-hydrogen) atoms. The lowest BCUT2D eigenvalue weighted by molar-refractivity contribution is 0.357. The third kappa shape index (κ3) is 5.38. The molecule has 0 unspecified atom stereocenters. The number of hydrogen-bond acceptors (Lipinski definition) is 6. The minimum absolute atomic E-state index is 0.167. The van der Waals surface area contributed by atoms with Gasteiger partial charge in [0.05, 0.1) is 25.3 Å². The van der Waals surface area contributed by atoms with Crippen molar-refractivity contribution in [3.63, 3.8) is 0 Å². The van der Waals surface area contributed by atoms with E-state index in [4.69, 9.17) is 18.9 Å². The van der Waals surface area contributed by atoms with Crippen LogP contribution in [0.2, 0.25) is 0 Å². The number of methoxy groups -OCH3 is 2. The highest BCUT2D eigenvalue weighted by molar-refractivity contribution is 5.59. The molecule has 0 saturated carbocycles. The van der Waals surface area contributed by atoms with Crippen molar-refractivity contribution >= 4 is 0 Å². The van der Waals surface area contributed by atoms with Crippen LogP contribution in [0, 0.1) is 22.7 Å². The van der Waals surface area contributed by atoms with Gasteiger partial charge in [-0.1, -0.05) is 24.3 Å². The van der Waals surface area contributed by atoms with Crippen LogP contribution in [0.4, 0.5) is 0 Å². The van der Waals surface area contributed by atoms with E-state index < -0.39 is 0 Å². The fourth-order valence-electron chi connectivity index (χ4n) is 3.32. The molecule has 3 aromatic carbocycles. The van der Waals surface area contributed by atoms with Gasteiger partial charge >= 0.3 is 0 Å². The van der Waals surface area contributed by atoms with Gasteiger partial charge in [-0.25, -0.2) is 0 Å². The average Bonchev–Trinajstić information content (AvgIpc) is 2.86. The van der Waals surface area contributed by atoms with Gasteiger partial charge in [-0.15, -0.1) is 13.2 Å². The molecule has 0 heterocycles. The first kappa shape index (κ1) is 24.0. The largest absolute Gasteiger partial charge is 0.493 e. The Hall–Kier alpha value is -4.68. The zero-order valence-corrected chi connectivity index (χ0v) is 19.1. The van der Waals surface area contributed by atoms with Gasteiger partial charge in [0.15, 0.2) is 34.5 Å². The lowest BCUT2D eigenvalue weighted by Gasteiger charge is -2.17. The van der Waals surface area contributed by atoms with E-state index in [-0.39, 0.29) is 22.6 Å². The molecule has 3 rings (SSSR count). The van der Waals surface area contributed by atoms with Crippen molar-refractivity contribution in [1.82, 2.24) is 0 Å². The molecule has 170 valence electrons. The minimum atomic E-state index is 0.167. The molecule has 0 radical (unpaired) electrons. The predicted molar refractivity (Wildman–Crippen MR) is 130 cm³/mol. The molecule has 3 aromatic rings. The predicted octanol–water partition coefficient (Wildman–Crippen LogP) is 6.49. The Bertz CT molecular complexity index is 1200. The maximum Gasteiger partial charge on any atom is 0.171 e. The quantitative estimate of drug-likeness (QED) is 0.327. The normalized spacial score (nSPS) is 9.88. The summed E-state index contributed by atoms with van der Waals surface area (Å²) < 4.78 is 23.2. The smallest absolute Gasteiger partial charge is 0.171 e. The van der Waals surface area contributed by atoms with Crippen molar-refractivity contribution in [1.29, 1.82) is 10.5 Å². The summed E-state index contributed by atoms with van der Waals surface area (Å²) in [6, 6.07) is 18.1. The van der Waals surface area contributed by atoms with Crippen LogP contribution in [0.15, 0.2) is 73.8 Å². The third-order valence-corrected chi connectivity index (χ3v) is 4.98. The van der Waals surface area contributed by atoms with Gasteiger partial charge in [-0.3, -0.25) is 0 Å². The molecule has 0 bridgehead atoms. The second-order valence-electron chi connectivity index (χ2n) is 7.23. The van der Waals surface area contributed by atoms with Crippen LogP contribution < -0.4 is 18.9 Å². The summed E-state index contributed by atoms with van der Waals surface area (Å²) in [5.41, 5.74) is 2.36. The first-order valence-electron chi connectivity index (χ1n) is 10.5. The molecule has 0 N–H and O–H groups in total. The molecule has 6 nitrogen and oxygen atoms in total. The number of nitriles is 2. The third-order valence-electron chi connectivity index (χ3n) is 4.98. The van der Waals surface area contributed by atoms with E-state index in [9.17, 15) is 10.5 Å². The van der Waals surface area contributed by atoms with E-state index in [2.05, 4.69) is 13.2 Å². The first-order chi connectivity index (χ1) is 16.6. The summed E-state index contributed by atoms with van der Waals surface area (Å²) in [4.78, 5) is 0. The SMILES string of the molecule is C=CCc1ccc(Oc2cc(C#N)c(C#N)cc2Oc2ccc(CC=C)cc2OC)c(OC)c1. The number of rotatable bonds is 10. The van der Waals surface area contributed by atoms with Gasteiger partial charge in [0, 0.05) is 12.1 Å². The molecule has 6 heteroatoms. The van der Waals surface area contributed by atoms with Crippen LogP contribution in [0.25, 0.3) is 0 Å². The maximum atomic E-state index is 9.52. The number of allylic oxidation sites excluding steroid dienone is 2. The van der Waals surface area contributed by atoms with Crippen LogP contribution in [-0.4, -0.2) is 14.2 Å². The van der Waals surface area contributed by atoms with Gasteiger partial charge in [-0.05, 0) is 48.2 Å². The molecular formula is C28H24N2O4. The van der Waals surface area contributed by atoms with Crippen LogP contribution in [0.3, 0.4) is 0 Å². The molecule has 0 aliphatic heterocycles. The van der Waals surface area contributed by atoms with Crippen molar-refractivity contribution in [2.45, 2.75) is 12.8 Å². The molecule has 0 saturated heterocycles.